The fraction of sp³-hybridized carbons (Fsp3) is 0.455. The molecule has 102 valence electrons. The molecule has 1 N–H and O–H groups in total. The first kappa shape index (κ1) is 14.7. The smallest absolute Gasteiger partial charge is 0.432 e. The van der Waals surface area contributed by atoms with Gasteiger partial charge in [-0.1, -0.05) is 13.0 Å². The number of hydrogen-bond acceptors (Lipinski definition) is 1. The third-order valence-electron chi connectivity index (χ3n) is 2.59. The van der Waals surface area contributed by atoms with Gasteiger partial charge in [-0.05, 0) is 24.1 Å². The largest absolute Gasteiger partial charge is 0.508 e. The molecule has 0 radical (unpaired) electrons. The molecule has 0 spiro atoms. The van der Waals surface area contributed by atoms with Crippen molar-refractivity contribution in [3.63, 3.8) is 0 Å². The van der Waals surface area contributed by atoms with E-state index in [0.717, 1.165) is 6.07 Å². The molecule has 0 saturated heterocycles. The molecule has 0 fully saturated rings. The SMILES string of the molecule is CCc1cc(C(F)(C(F)F)C(F)(F)F)ccc1O. The van der Waals surface area contributed by atoms with Crippen molar-refractivity contribution in [2.45, 2.75) is 31.6 Å². The van der Waals surface area contributed by atoms with E-state index in [1.165, 1.54) is 6.92 Å². The summed E-state index contributed by atoms with van der Waals surface area (Å²) in [6.45, 7) is 1.49. The highest BCUT2D eigenvalue weighted by atomic mass is 19.4. The van der Waals surface area contributed by atoms with Crippen molar-refractivity contribution in [3.8, 4) is 5.75 Å². The maximum absolute atomic E-state index is 13.6. The maximum atomic E-state index is 13.6. The fourth-order valence-corrected chi connectivity index (χ4v) is 1.51. The fourth-order valence-electron chi connectivity index (χ4n) is 1.51. The predicted molar refractivity (Wildman–Crippen MR) is 52.3 cm³/mol. The summed E-state index contributed by atoms with van der Waals surface area (Å²) in [6, 6.07) is 1.89. The number of phenols is 1. The Hall–Kier alpha value is -1.40. The first-order valence-corrected chi connectivity index (χ1v) is 5.00. The first-order valence-electron chi connectivity index (χ1n) is 5.00. The molecule has 0 amide bonds. The van der Waals surface area contributed by atoms with Crippen LogP contribution in [0, 0.1) is 0 Å². The standard InChI is InChI=1S/C11H10F6O/c1-2-6-5-7(3-4-8(6)18)10(14,9(12)13)11(15,16)17/h3-5,9,18H,2H2,1H3. The second kappa shape index (κ2) is 4.70. The van der Waals surface area contributed by atoms with Crippen LogP contribution >= 0.6 is 0 Å². The zero-order valence-corrected chi connectivity index (χ0v) is 9.23. The van der Waals surface area contributed by atoms with Crippen molar-refractivity contribution in [2.75, 3.05) is 0 Å². The molecule has 1 aromatic carbocycles. The highest BCUT2D eigenvalue weighted by molar-refractivity contribution is 5.39. The molecular formula is C11H10F6O. The van der Waals surface area contributed by atoms with Gasteiger partial charge in [0.1, 0.15) is 5.75 Å². The summed E-state index contributed by atoms with van der Waals surface area (Å²) in [5.41, 5.74) is -5.97. The quantitative estimate of drug-likeness (QED) is 0.826. The van der Waals surface area contributed by atoms with Crippen molar-refractivity contribution in [1.29, 1.82) is 0 Å². The number of rotatable bonds is 3. The van der Waals surface area contributed by atoms with Gasteiger partial charge in [0.2, 0.25) is 0 Å². The van der Waals surface area contributed by atoms with Crippen LogP contribution in [0.15, 0.2) is 18.2 Å². The van der Waals surface area contributed by atoms with Crippen LogP contribution in [0.4, 0.5) is 26.3 Å². The minimum Gasteiger partial charge on any atom is -0.508 e. The zero-order valence-electron chi connectivity index (χ0n) is 9.23. The number of aromatic hydroxyl groups is 1. The maximum Gasteiger partial charge on any atom is 0.432 e. The Kier molecular flexibility index (Phi) is 3.83. The molecule has 1 aromatic rings. The van der Waals surface area contributed by atoms with Gasteiger partial charge in [0.15, 0.2) is 0 Å². The normalized spacial score (nSPS) is 15.8. The third-order valence-corrected chi connectivity index (χ3v) is 2.59. The molecule has 0 aliphatic rings. The molecule has 1 atom stereocenters. The lowest BCUT2D eigenvalue weighted by atomic mass is 9.93. The van der Waals surface area contributed by atoms with Crippen molar-refractivity contribution in [2.24, 2.45) is 0 Å². The van der Waals surface area contributed by atoms with Crippen LogP contribution in [-0.4, -0.2) is 17.7 Å². The molecule has 0 aliphatic carbocycles. The van der Waals surface area contributed by atoms with E-state index in [1.807, 2.05) is 0 Å². The number of halogens is 6. The highest BCUT2D eigenvalue weighted by Crippen LogP contribution is 2.47. The Morgan fingerprint density at radius 2 is 1.72 bits per heavy atom. The van der Waals surface area contributed by atoms with Gasteiger partial charge >= 0.3 is 6.18 Å². The summed E-state index contributed by atoms with van der Waals surface area (Å²) in [7, 11) is 0. The molecule has 7 heteroatoms. The molecular weight excluding hydrogens is 262 g/mol. The number of aryl methyl sites for hydroxylation is 1. The second-order valence-corrected chi connectivity index (χ2v) is 3.71. The van der Waals surface area contributed by atoms with Crippen molar-refractivity contribution in [3.05, 3.63) is 29.3 Å². The lowest BCUT2D eigenvalue weighted by Gasteiger charge is -2.27. The molecule has 0 heterocycles. The zero-order chi connectivity index (χ0) is 14.1. The monoisotopic (exact) mass is 272 g/mol. The van der Waals surface area contributed by atoms with E-state index < -0.39 is 23.8 Å². The Labute approximate surface area is 99.0 Å². The van der Waals surface area contributed by atoms with E-state index in [4.69, 9.17) is 0 Å². The average molecular weight is 272 g/mol. The van der Waals surface area contributed by atoms with Gasteiger partial charge in [-0.15, -0.1) is 0 Å². The molecule has 1 unspecified atom stereocenters. The Balaban J connectivity index is 3.41. The van der Waals surface area contributed by atoms with E-state index in [2.05, 4.69) is 0 Å². The van der Waals surface area contributed by atoms with Gasteiger partial charge in [-0.25, -0.2) is 13.2 Å². The minimum absolute atomic E-state index is 0.0283. The molecule has 0 aromatic heterocycles. The van der Waals surface area contributed by atoms with Crippen LogP contribution < -0.4 is 0 Å². The number of benzene rings is 1. The second-order valence-electron chi connectivity index (χ2n) is 3.71. The first-order chi connectivity index (χ1) is 8.14. The molecule has 0 bridgehead atoms. The Morgan fingerprint density at radius 1 is 1.17 bits per heavy atom. The van der Waals surface area contributed by atoms with E-state index in [0.29, 0.717) is 12.1 Å². The lowest BCUT2D eigenvalue weighted by Crippen LogP contribution is -2.44. The number of hydrogen-bond donors (Lipinski definition) is 1. The van der Waals surface area contributed by atoms with Gasteiger partial charge in [0.25, 0.3) is 12.1 Å². The van der Waals surface area contributed by atoms with Crippen molar-refractivity contribution in [1.82, 2.24) is 0 Å². The summed E-state index contributed by atoms with van der Waals surface area (Å²) in [4.78, 5) is 0. The summed E-state index contributed by atoms with van der Waals surface area (Å²) in [5.74, 6) is -0.361. The van der Waals surface area contributed by atoms with Crippen LogP contribution in [0.25, 0.3) is 0 Å². The predicted octanol–water partition coefficient (Wildman–Crippen LogP) is 3.95. The van der Waals surface area contributed by atoms with Crippen molar-refractivity contribution < 1.29 is 31.4 Å². The van der Waals surface area contributed by atoms with E-state index >= 15 is 0 Å². The van der Waals surface area contributed by atoms with E-state index in [9.17, 15) is 31.4 Å². The lowest BCUT2D eigenvalue weighted by molar-refractivity contribution is -0.274. The molecule has 18 heavy (non-hydrogen) atoms. The van der Waals surface area contributed by atoms with Crippen LogP contribution in [-0.2, 0) is 12.1 Å². The van der Waals surface area contributed by atoms with Gasteiger partial charge in [0.05, 0.1) is 0 Å². The van der Waals surface area contributed by atoms with Crippen LogP contribution in [0.1, 0.15) is 18.1 Å². The van der Waals surface area contributed by atoms with Crippen LogP contribution in [0.2, 0.25) is 0 Å². The van der Waals surface area contributed by atoms with Gasteiger partial charge in [0, 0.05) is 5.56 Å². The van der Waals surface area contributed by atoms with Crippen molar-refractivity contribution >= 4 is 0 Å². The van der Waals surface area contributed by atoms with Gasteiger partial charge in [-0.3, -0.25) is 0 Å². The topological polar surface area (TPSA) is 20.2 Å². The Bertz CT molecular complexity index is 428. The summed E-state index contributed by atoms with van der Waals surface area (Å²) in [5, 5.41) is 9.25. The molecule has 1 nitrogen and oxygen atoms in total. The van der Waals surface area contributed by atoms with Gasteiger partial charge in [-0.2, -0.15) is 13.2 Å². The third kappa shape index (κ3) is 2.26. The minimum atomic E-state index is -5.73. The van der Waals surface area contributed by atoms with E-state index in [1.54, 1.807) is 0 Å². The summed E-state index contributed by atoms with van der Waals surface area (Å²) in [6.07, 6.45) is -9.88. The van der Waals surface area contributed by atoms with Gasteiger partial charge < -0.3 is 5.11 Å². The average Bonchev–Trinajstić information content (AvgIpc) is 2.26. The Morgan fingerprint density at radius 3 is 2.11 bits per heavy atom. The summed E-state index contributed by atoms with van der Waals surface area (Å²) >= 11 is 0. The molecule has 1 rings (SSSR count). The molecule has 0 aliphatic heterocycles. The number of phenolic OH excluding ortho intramolecular Hbond substituents is 1. The number of alkyl halides is 6. The van der Waals surface area contributed by atoms with Crippen LogP contribution in [0.5, 0.6) is 5.75 Å². The van der Waals surface area contributed by atoms with E-state index in [-0.39, 0.29) is 17.7 Å². The highest BCUT2D eigenvalue weighted by Gasteiger charge is 2.64. The van der Waals surface area contributed by atoms with Crippen LogP contribution in [0.3, 0.4) is 0 Å². The molecule has 0 saturated carbocycles. The summed E-state index contributed by atoms with van der Waals surface area (Å²) < 4.78 is 75.9.